The number of alkyl carbamates (subject to hydrolysis) is 1. The minimum Gasteiger partial charge on any atom is -0.504 e. The normalized spacial score (nSPS) is 24.8. The Labute approximate surface area is 304 Å². The lowest BCUT2D eigenvalue weighted by Gasteiger charge is -2.64. The van der Waals surface area contributed by atoms with Crippen LogP contribution in [-0.4, -0.2) is 66.2 Å². The van der Waals surface area contributed by atoms with Crippen molar-refractivity contribution in [1.82, 2.24) is 10.6 Å². The van der Waals surface area contributed by atoms with E-state index in [1.807, 2.05) is 0 Å². The van der Waals surface area contributed by atoms with Gasteiger partial charge in [0.15, 0.2) is 11.6 Å². The fourth-order valence-electron chi connectivity index (χ4n) is 7.75. The van der Waals surface area contributed by atoms with Gasteiger partial charge < -0.3 is 39.3 Å². The number of carbonyl (C=O) groups excluding carboxylic acids is 3. The van der Waals surface area contributed by atoms with Crippen molar-refractivity contribution in [1.29, 1.82) is 0 Å². The highest BCUT2D eigenvalue weighted by atomic mass is 35.5. The van der Waals surface area contributed by atoms with Crippen LogP contribution < -0.4 is 15.4 Å². The van der Waals surface area contributed by atoms with E-state index >= 15 is 0 Å². The number of carbonyl (C=O) groups is 3. The minimum atomic E-state index is -1.52. The molecule has 1 aliphatic heterocycles. The maximum atomic E-state index is 14.8. The SMILES string of the molecule is COc1c(C[C@H](NC(=O)C(NC(=O)OC(C)(C)C)c2cc(F)c(O)c(Cl)c2)B2O[C@@H]3C[C@@H]4C[C@@H](C4(C)C)[C@]3(C)O2)cccc1C(=O)OC(C)(C)C. The van der Waals surface area contributed by atoms with Gasteiger partial charge in [-0.1, -0.05) is 37.6 Å². The summed E-state index contributed by atoms with van der Waals surface area (Å²) in [7, 11) is 0.494. The maximum Gasteiger partial charge on any atom is 0.482 e. The molecule has 0 aromatic heterocycles. The van der Waals surface area contributed by atoms with E-state index < -0.39 is 65.4 Å². The van der Waals surface area contributed by atoms with Gasteiger partial charge in [0.1, 0.15) is 28.6 Å². The highest BCUT2D eigenvalue weighted by molar-refractivity contribution is 6.48. The monoisotopic (exact) mass is 730 g/mol. The van der Waals surface area contributed by atoms with Crippen LogP contribution >= 0.6 is 11.6 Å². The lowest BCUT2D eigenvalue weighted by molar-refractivity contribution is -0.199. The standard InChI is InChI=1S/C37H49BClFN2O9/c1-34(2,3)48-32(45)22-13-11-12-19(30(22)47-10)16-27(38-50-26-18-21-17-25(36(21,7)8)37(26,9)51-38)41-31(44)28(42-33(46)49-35(4,5)6)20-14-23(39)29(43)24(40)15-20/h11-15,21,25-28,43H,16-18H2,1-10H3,(H,41,44)(H,42,46)/t21-,25-,26+,27-,28?,37-/m0/s1. The average molecular weight is 731 g/mol. The molecule has 51 heavy (non-hydrogen) atoms. The first-order chi connectivity index (χ1) is 23.5. The number of phenolic OH excluding ortho intramolecular Hbond substituents is 1. The molecular formula is C37H49BClFN2O9. The van der Waals surface area contributed by atoms with Gasteiger partial charge in [-0.15, -0.1) is 0 Å². The first-order valence-corrected chi connectivity index (χ1v) is 17.6. The van der Waals surface area contributed by atoms with E-state index in [2.05, 4.69) is 31.4 Å². The van der Waals surface area contributed by atoms with E-state index in [0.717, 1.165) is 18.9 Å². The number of methoxy groups -OCH3 is 1. The minimum absolute atomic E-state index is 0.0432. The molecule has 2 aromatic carbocycles. The third kappa shape index (κ3) is 7.95. The molecule has 0 spiro atoms. The van der Waals surface area contributed by atoms with Crippen molar-refractivity contribution in [2.45, 2.75) is 116 Å². The van der Waals surface area contributed by atoms with Gasteiger partial charge in [0.05, 0.1) is 29.8 Å². The van der Waals surface area contributed by atoms with E-state index in [0.29, 0.717) is 11.5 Å². The smallest absolute Gasteiger partial charge is 0.482 e. The van der Waals surface area contributed by atoms with Crippen LogP contribution in [0.4, 0.5) is 9.18 Å². The van der Waals surface area contributed by atoms with Crippen molar-refractivity contribution in [3.63, 3.8) is 0 Å². The Morgan fingerprint density at radius 3 is 2.31 bits per heavy atom. The molecule has 14 heteroatoms. The van der Waals surface area contributed by atoms with Crippen LogP contribution in [-0.2, 0) is 30.0 Å². The van der Waals surface area contributed by atoms with Crippen LogP contribution in [0.25, 0.3) is 0 Å². The molecule has 1 saturated heterocycles. The first kappa shape index (κ1) is 38.7. The Morgan fingerprint density at radius 2 is 1.73 bits per heavy atom. The number of ether oxygens (including phenoxy) is 3. The topological polar surface area (TPSA) is 142 Å². The van der Waals surface area contributed by atoms with Crippen LogP contribution in [0.15, 0.2) is 30.3 Å². The molecule has 0 radical (unpaired) electrons. The molecule has 4 fully saturated rings. The second-order valence-electron chi connectivity index (χ2n) is 16.6. The number of esters is 1. The number of para-hydroxylation sites is 1. The highest BCUT2D eigenvalue weighted by Crippen LogP contribution is 2.65. The summed E-state index contributed by atoms with van der Waals surface area (Å²) in [5, 5.41) is 15.2. The number of nitrogens with one attached hydrogen (secondary N) is 2. The van der Waals surface area contributed by atoms with Crippen molar-refractivity contribution < 1.29 is 47.4 Å². The number of rotatable bonds is 9. The largest absolute Gasteiger partial charge is 0.504 e. The van der Waals surface area contributed by atoms with Gasteiger partial charge in [-0.3, -0.25) is 4.79 Å². The van der Waals surface area contributed by atoms with Crippen molar-refractivity contribution in [2.75, 3.05) is 7.11 Å². The summed E-state index contributed by atoms with van der Waals surface area (Å²) >= 11 is 6.11. The summed E-state index contributed by atoms with van der Waals surface area (Å²) in [5.41, 5.74) is -1.53. The van der Waals surface area contributed by atoms with E-state index in [-0.39, 0.29) is 45.8 Å². The molecule has 2 bridgehead atoms. The lowest BCUT2D eigenvalue weighted by atomic mass is 9.43. The maximum absolute atomic E-state index is 14.8. The number of halogens is 2. The van der Waals surface area contributed by atoms with Crippen molar-refractivity contribution in [3.05, 3.63) is 57.9 Å². The molecule has 2 amide bonds. The fourth-order valence-corrected chi connectivity index (χ4v) is 7.96. The molecule has 278 valence electrons. The number of aromatic hydroxyl groups is 1. The molecule has 11 nitrogen and oxygen atoms in total. The van der Waals surface area contributed by atoms with Crippen molar-refractivity contribution in [2.24, 2.45) is 17.3 Å². The molecule has 3 saturated carbocycles. The lowest BCUT2D eigenvalue weighted by Crippen LogP contribution is -2.65. The van der Waals surface area contributed by atoms with Crippen LogP contribution in [0.5, 0.6) is 11.5 Å². The number of benzene rings is 2. The van der Waals surface area contributed by atoms with Crippen LogP contribution in [0.2, 0.25) is 5.02 Å². The van der Waals surface area contributed by atoms with Crippen LogP contribution in [0.1, 0.15) is 103 Å². The second kappa shape index (κ2) is 13.8. The van der Waals surface area contributed by atoms with Gasteiger partial charge in [-0.25, -0.2) is 14.0 Å². The zero-order valence-electron chi connectivity index (χ0n) is 30.9. The number of hydrogen-bond acceptors (Lipinski definition) is 9. The highest BCUT2D eigenvalue weighted by Gasteiger charge is 2.68. The van der Waals surface area contributed by atoms with Gasteiger partial charge in [0.2, 0.25) is 5.91 Å². The third-order valence-corrected chi connectivity index (χ3v) is 10.6. The van der Waals surface area contributed by atoms with Crippen molar-refractivity contribution >= 4 is 36.7 Å². The number of phenols is 1. The average Bonchev–Trinajstić information content (AvgIpc) is 3.37. The molecule has 1 heterocycles. The van der Waals surface area contributed by atoms with Gasteiger partial charge in [-0.05, 0) is 114 Å². The Kier molecular flexibility index (Phi) is 10.5. The Bertz CT molecular complexity index is 1670. The molecule has 6 atom stereocenters. The first-order valence-electron chi connectivity index (χ1n) is 17.2. The Hall–Kier alpha value is -3.55. The number of amides is 2. The summed E-state index contributed by atoms with van der Waals surface area (Å²) in [4.78, 5) is 40.6. The molecule has 4 aliphatic rings. The summed E-state index contributed by atoms with van der Waals surface area (Å²) in [6.07, 6.45) is 0.704. The van der Waals surface area contributed by atoms with E-state index in [4.69, 9.17) is 35.1 Å². The Balaban J connectivity index is 1.52. The van der Waals surface area contributed by atoms with E-state index in [9.17, 15) is 23.9 Å². The van der Waals surface area contributed by atoms with Crippen LogP contribution in [0, 0.1) is 23.1 Å². The molecular weight excluding hydrogens is 682 g/mol. The summed E-state index contributed by atoms with van der Waals surface area (Å²) in [5.74, 6) is -3.16. The van der Waals surface area contributed by atoms with E-state index in [1.54, 1.807) is 59.7 Å². The van der Waals surface area contributed by atoms with Gasteiger partial charge in [0, 0.05) is 0 Å². The number of hydrogen-bond donors (Lipinski definition) is 3. The van der Waals surface area contributed by atoms with Crippen LogP contribution in [0.3, 0.4) is 0 Å². The molecule has 3 aliphatic carbocycles. The second-order valence-corrected chi connectivity index (χ2v) is 17.0. The zero-order valence-corrected chi connectivity index (χ0v) is 31.7. The summed E-state index contributed by atoms with van der Waals surface area (Å²) in [6.45, 7) is 16.8. The predicted molar refractivity (Wildman–Crippen MR) is 189 cm³/mol. The van der Waals surface area contributed by atoms with Crippen molar-refractivity contribution in [3.8, 4) is 11.5 Å². The summed E-state index contributed by atoms with van der Waals surface area (Å²) < 4.78 is 45.0. The van der Waals surface area contributed by atoms with E-state index in [1.165, 1.54) is 13.2 Å². The Morgan fingerprint density at radius 1 is 1.06 bits per heavy atom. The zero-order chi connectivity index (χ0) is 37.8. The quantitative estimate of drug-likeness (QED) is 0.190. The third-order valence-electron chi connectivity index (χ3n) is 10.3. The van der Waals surface area contributed by atoms with Gasteiger partial charge in [0.25, 0.3) is 0 Å². The predicted octanol–water partition coefficient (Wildman–Crippen LogP) is 6.71. The molecule has 6 rings (SSSR count). The van der Waals surface area contributed by atoms with Gasteiger partial charge in [-0.2, -0.15) is 0 Å². The molecule has 1 unspecified atom stereocenters. The van der Waals surface area contributed by atoms with Gasteiger partial charge >= 0.3 is 19.2 Å². The fraction of sp³-hybridized carbons (Fsp3) is 0.595. The molecule has 3 N–H and O–H groups in total. The summed E-state index contributed by atoms with van der Waals surface area (Å²) in [6, 6.07) is 5.65. The molecule has 2 aromatic rings.